The quantitative estimate of drug-likeness (QED) is 0.606. The Morgan fingerprint density at radius 2 is 2.45 bits per heavy atom. The van der Waals surface area contributed by atoms with Crippen molar-refractivity contribution < 1.29 is 14.6 Å². The highest BCUT2D eigenvalue weighted by Crippen LogP contribution is 1.97. The normalized spacial score (nSPS) is 21.3. The standard InChI is InChI=1S/C7H9NO3/c9-7(10)5-8-6-3-1-2-4-11-6/h1-4,6,8H,5H2,(H,9,10). The maximum absolute atomic E-state index is 10.1. The Kier molecular flexibility index (Phi) is 2.68. The molecule has 0 radical (unpaired) electrons. The summed E-state index contributed by atoms with van der Waals surface area (Å²) in [5, 5.41) is 10.9. The largest absolute Gasteiger partial charge is 0.480 e. The van der Waals surface area contributed by atoms with Crippen molar-refractivity contribution in [2.75, 3.05) is 6.54 Å². The molecule has 0 saturated heterocycles. The second-order valence-corrected chi connectivity index (χ2v) is 2.04. The summed E-state index contributed by atoms with van der Waals surface area (Å²) in [6.45, 7) is -0.0944. The molecule has 0 fully saturated rings. The third-order valence-electron chi connectivity index (χ3n) is 1.16. The van der Waals surface area contributed by atoms with Gasteiger partial charge < -0.3 is 9.84 Å². The topological polar surface area (TPSA) is 58.6 Å². The van der Waals surface area contributed by atoms with Gasteiger partial charge >= 0.3 is 5.97 Å². The van der Waals surface area contributed by atoms with Crippen molar-refractivity contribution in [1.82, 2.24) is 5.32 Å². The van der Waals surface area contributed by atoms with Crippen LogP contribution >= 0.6 is 0 Å². The maximum Gasteiger partial charge on any atom is 0.317 e. The molecule has 1 aliphatic rings. The summed E-state index contributed by atoms with van der Waals surface area (Å²) >= 11 is 0. The maximum atomic E-state index is 10.1. The molecule has 4 nitrogen and oxygen atoms in total. The van der Waals surface area contributed by atoms with E-state index >= 15 is 0 Å². The second-order valence-electron chi connectivity index (χ2n) is 2.04. The van der Waals surface area contributed by atoms with E-state index in [4.69, 9.17) is 9.84 Å². The van der Waals surface area contributed by atoms with E-state index in [9.17, 15) is 4.79 Å². The molecule has 0 amide bonds. The molecule has 11 heavy (non-hydrogen) atoms. The van der Waals surface area contributed by atoms with Crippen molar-refractivity contribution in [3.8, 4) is 0 Å². The molecule has 1 heterocycles. The second kappa shape index (κ2) is 3.78. The number of carboxylic acids is 1. The van der Waals surface area contributed by atoms with Gasteiger partial charge in [0.15, 0.2) is 6.23 Å². The molecule has 1 atom stereocenters. The lowest BCUT2D eigenvalue weighted by molar-refractivity contribution is -0.136. The van der Waals surface area contributed by atoms with Gasteiger partial charge in [-0.05, 0) is 12.2 Å². The van der Waals surface area contributed by atoms with Crippen molar-refractivity contribution in [3.63, 3.8) is 0 Å². The zero-order chi connectivity index (χ0) is 8.10. The Labute approximate surface area is 64.2 Å². The molecule has 2 N–H and O–H groups in total. The summed E-state index contributed by atoms with van der Waals surface area (Å²) in [4.78, 5) is 10.1. The SMILES string of the molecule is O=C(O)CNC1C=CC=CO1. The summed E-state index contributed by atoms with van der Waals surface area (Å²) in [5.41, 5.74) is 0. The van der Waals surface area contributed by atoms with Gasteiger partial charge in [0.25, 0.3) is 0 Å². The van der Waals surface area contributed by atoms with Gasteiger partial charge in [0.05, 0.1) is 12.8 Å². The fourth-order valence-corrected chi connectivity index (χ4v) is 0.690. The minimum atomic E-state index is -0.892. The van der Waals surface area contributed by atoms with Crippen molar-refractivity contribution in [2.45, 2.75) is 6.23 Å². The van der Waals surface area contributed by atoms with E-state index < -0.39 is 5.97 Å². The predicted molar refractivity (Wildman–Crippen MR) is 38.8 cm³/mol. The van der Waals surface area contributed by atoms with Crippen molar-refractivity contribution >= 4 is 5.97 Å². The highest BCUT2D eigenvalue weighted by Gasteiger charge is 2.05. The summed E-state index contributed by atoms with van der Waals surface area (Å²) in [6.07, 6.45) is 6.47. The smallest absolute Gasteiger partial charge is 0.317 e. The zero-order valence-electron chi connectivity index (χ0n) is 5.86. The Hall–Kier alpha value is -1.29. The molecular weight excluding hydrogens is 146 g/mol. The van der Waals surface area contributed by atoms with Gasteiger partial charge in [0.2, 0.25) is 0 Å². The molecule has 0 bridgehead atoms. The molecule has 0 saturated carbocycles. The molecule has 1 unspecified atom stereocenters. The predicted octanol–water partition coefficient (Wildman–Crippen LogP) is 0.0868. The minimum Gasteiger partial charge on any atom is -0.480 e. The number of aliphatic carboxylic acids is 1. The fraction of sp³-hybridized carbons (Fsp3) is 0.286. The van der Waals surface area contributed by atoms with E-state index in [0.29, 0.717) is 0 Å². The van der Waals surface area contributed by atoms with Crippen LogP contribution in [0.5, 0.6) is 0 Å². The first-order valence-corrected chi connectivity index (χ1v) is 3.23. The van der Waals surface area contributed by atoms with Gasteiger partial charge in [-0.3, -0.25) is 10.1 Å². The van der Waals surface area contributed by atoms with Crippen LogP contribution in [0.2, 0.25) is 0 Å². The van der Waals surface area contributed by atoms with Crippen LogP contribution in [0.25, 0.3) is 0 Å². The van der Waals surface area contributed by atoms with Crippen LogP contribution in [-0.4, -0.2) is 23.8 Å². The number of rotatable bonds is 3. The molecule has 0 aromatic carbocycles. The first kappa shape index (κ1) is 7.81. The Balaban J connectivity index is 2.22. The number of ether oxygens (including phenoxy) is 1. The van der Waals surface area contributed by atoms with Gasteiger partial charge in [-0.2, -0.15) is 0 Å². The minimum absolute atomic E-state index is 0.0944. The number of hydrogen-bond donors (Lipinski definition) is 2. The molecule has 0 spiro atoms. The van der Waals surface area contributed by atoms with E-state index in [1.807, 2.05) is 0 Å². The fourth-order valence-electron chi connectivity index (χ4n) is 0.690. The molecular formula is C7H9NO3. The molecule has 0 aliphatic carbocycles. The lowest BCUT2D eigenvalue weighted by Crippen LogP contribution is -2.33. The van der Waals surface area contributed by atoms with Crippen molar-refractivity contribution in [3.05, 3.63) is 24.5 Å². The van der Waals surface area contributed by atoms with Gasteiger partial charge in [-0.15, -0.1) is 0 Å². The summed E-state index contributed by atoms with van der Waals surface area (Å²) in [6, 6.07) is 0. The van der Waals surface area contributed by atoms with E-state index in [1.54, 1.807) is 18.2 Å². The van der Waals surface area contributed by atoms with E-state index in [2.05, 4.69) is 5.32 Å². The highest BCUT2D eigenvalue weighted by molar-refractivity contribution is 5.69. The van der Waals surface area contributed by atoms with Crippen LogP contribution in [0.4, 0.5) is 0 Å². The van der Waals surface area contributed by atoms with Gasteiger partial charge in [0.1, 0.15) is 0 Å². The van der Waals surface area contributed by atoms with Crippen LogP contribution in [0.1, 0.15) is 0 Å². The van der Waals surface area contributed by atoms with E-state index in [-0.39, 0.29) is 12.8 Å². The van der Waals surface area contributed by atoms with Crippen LogP contribution in [0, 0.1) is 0 Å². The number of allylic oxidation sites excluding steroid dienone is 2. The first-order chi connectivity index (χ1) is 5.29. The molecule has 0 aromatic heterocycles. The van der Waals surface area contributed by atoms with Gasteiger partial charge in [-0.1, -0.05) is 6.08 Å². The summed E-state index contributed by atoms with van der Waals surface area (Å²) in [5.74, 6) is -0.892. The molecule has 60 valence electrons. The van der Waals surface area contributed by atoms with Crippen molar-refractivity contribution in [2.24, 2.45) is 0 Å². The Morgan fingerprint density at radius 3 is 3.00 bits per heavy atom. The number of nitrogens with one attached hydrogen (secondary N) is 1. The van der Waals surface area contributed by atoms with Gasteiger partial charge in [-0.25, -0.2) is 0 Å². The number of carboxylic acid groups (broad SMARTS) is 1. The molecule has 1 rings (SSSR count). The summed E-state index contributed by atoms with van der Waals surface area (Å²) < 4.78 is 4.99. The van der Waals surface area contributed by atoms with Crippen molar-refractivity contribution in [1.29, 1.82) is 0 Å². The monoisotopic (exact) mass is 155 g/mol. The Morgan fingerprint density at radius 1 is 1.64 bits per heavy atom. The zero-order valence-corrected chi connectivity index (χ0v) is 5.86. The van der Waals surface area contributed by atoms with Gasteiger partial charge in [0, 0.05) is 0 Å². The Bertz CT molecular complexity index is 198. The average molecular weight is 155 g/mol. The van der Waals surface area contributed by atoms with Crippen LogP contribution < -0.4 is 5.32 Å². The molecule has 1 aliphatic heterocycles. The highest BCUT2D eigenvalue weighted by atomic mass is 16.5. The van der Waals surface area contributed by atoms with E-state index in [0.717, 1.165) is 0 Å². The summed E-state index contributed by atoms with van der Waals surface area (Å²) in [7, 11) is 0. The molecule has 0 aromatic rings. The third-order valence-corrected chi connectivity index (χ3v) is 1.16. The first-order valence-electron chi connectivity index (χ1n) is 3.23. The van der Waals surface area contributed by atoms with Crippen LogP contribution in [-0.2, 0) is 9.53 Å². The molecule has 4 heteroatoms. The average Bonchev–Trinajstić information content (AvgIpc) is 2.03. The number of hydrogen-bond acceptors (Lipinski definition) is 3. The van der Waals surface area contributed by atoms with Crippen LogP contribution in [0.15, 0.2) is 24.5 Å². The lowest BCUT2D eigenvalue weighted by atomic mass is 10.4. The van der Waals surface area contributed by atoms with E-state index in [1.165, 1.54) is 6.26 Å². The lowest BCUT2D eigenvalue weighted by Gasteiger charge is -2.14. The third kappa shape index (κ3) is 2.86. The number of carbonyl (C=O) groups is 1. The van der Waals surface area contributed by atoms with Crippen LogP contribution in [0.3, 0.4) is 0 Å².